The van der Waals surface area contributed by atoms with Crippen molar-refractivity contribution in [2.24, 2.45) is 0 Å². The average molecular weight is 292 g/mol. The maximum atomic E-state index is 12.1. The number of carboxylic acids is 1. The zero-order valence-electron chi connectivity index (χ0n) is 12.9. The molecule has 1 aromatic carbocycles. The number of nitrogens with one attached hydrogen (secondary N) is 1. The molecule has 5 heteroatoms. The van der Waals surface area contributed by atoms with Crippen molar-refractivity contribution in [1.29, 1.82) is 0 Å². The fourth-order valence-electron chi connectivity index (χ4n) is 1.97. The van der Waals surface area contributed by atoms with Crippen LogP contribution in [0.2, 0.25) is 0 Å². The van der Waals surface area contributed by atoms with Gasteiger partial charge in [-0.15, -0.1) is 0 Å². The van der Waals surface area contributed by atoms with E-state index in [1.165, 1.54) is 0 Å². The zero-order valence-corrected chi connectivity index (χ0v) is 12.9. The molecule has 2 N–H and O–H groups in total. The van der Waals surface area contributed by atoms with Crippen molar-refractivity contribution in [2.75, 3.05) is 18.4 Å². The molecule has 1 unspecified atom stereocenters. The molecule has 1 aromatic rings. The van der Waals surface area contributed by atoms with Gasteiger partial charge in [0, 0.05) is 18.3 Å². The van der Waals surface area contributed by atoms with Gasteiger partial charge < -0.3 is 10.4 Å². The Labute approximate surface area is 126 Å². The third kappa shape index (κ3) is 6.40. The van der Waals surface area contributed by atoms with Crippen molar-refractivity contribution in [2.45, 2.75) is 39.7 Å². The SMILES string of the molecule is CCC(C)N(CCC(=O)O)CC(=O)Nc1ccc(C)cc1. The molecular weight excluding hydrogens is 268 g/mol. The number of carboxylic acid groups (broad SMARTS) is 1. The van der Waals surface area contributed by atoms with Crippen LogP contribution in [0.1, 0.15) is 32.3 Å². The number of nitrogens with zero attached hydrogens (tertiary/aromatic N) is 1. The molecule has 0 aliphatic rings. The van der Waals surface area contributed by atoms with Gasteiger partial charge in [0.2, 0.25) is 5.91 Å². The lowest BCUT2D eigenvalue weighted by atomic mass is 10.2. The predicted octanol–water partition coefficient (Wildman–Crippen LogP) is 2.51. The summed E-state index contributed by atoms with van der Waals surface area (Å²) < 4.78 is 0. The first kappa shape index (κ1) is 17.2. The van der Waals surface area contributed by atoms with Gasteiger partial charge in [-0.05, 0) is 32.4 Å². The summed E-state index contributed by atoms with van der Waals surface area (Å²) in [5.41, 5.74) is 1.89. The van der Waals surface area contributed by atoms with E-state index in [1.807, 2.05) is 49.9 Å². The van der Waals surface area contributed by atoms with Crippen LogP contribution in [0, 0.1) is 6.92 Å². The van der Waals surface area contributed by atoms with Gasteiger partial charge in [0.05, 0.1) is 13.0 Å². The summed E-state index contributed by atoms with van der Waals surface area (Å²) in [5.74, 6) is -0.966. The molecule has 1 amide bonds. The van der Waals surface area contributed by atoms with Crippen LogP contribution < -0.4 is 5.32 Å². The second kappa shape index (κ2) is 8.42. The van der Waals surface area contributed by atoms with E-state index in [-0.39, 0.29) is 24.9 Å². The van der Waals surface area contributed by atoms with Crippen LogP contribution in [0.5, 0.6) is 0 Å². The number of aryl methyl sites for hydroxylation is 1. The Bertz CT molecular complexity index is 471. The first-order valence-electron chi connectivity index (χ1n) is 7.24. The fourth-order valence-corrected chi connectivity index (χ4v) is 1.97. The van der Waals surface area contributed by atoms with Gasteiger partial charge in [-0.25, -0.2) is 0 Å². The number of carbonyl (C=O) groups excluding carboxylic acids is 1. The van der Waals surface area contributed by atoms with E-state index < -0.39 is 5.97 Å². The summed E-state index contributed by atoms with van der Waals surface area (Å²) >= 11 is 0. The van der Waals surface area contributed by atoms with Crippen LogP contribution in [-0.2, 0) is 9.59 Å². The smallest absolute Gasteiger partial charge is 0.304 e. The summed E-state index contributed by atoms with van der Waals surface area (Å²) in [7, 11) is 0. The Hall–Kier alpha value is -1.88. The largest absolute Gasteiger partial charge is 0.481 e. The van der Waals surface area contributed by atoms with Gasteiger partial charge in [0.1, 0.15) is 0 Å². The van der Waals surface area contributed by atoms with Crippen LogP contribution in [0.25, 0.3) is 0 Å². The van der Waals surface area contributed by atoms with Gasteiger partial charge in [-0.1, -0.05) is 24.6 Å². The second-order valence-corrected chi connectivity index (χ2v) is 5.29. The van der Waals surface area contributed by atoms with Crippen LogP contribution in [0.3, 0.4) is 0 Å². The minimum absolute atomic E-state index is 0.0438. The fraction of sp³-hybridized carbons (Fsp3) is 0.500. The highest BCUT2D eigenvalue weighted by Crippen LogP contribution is 2.10. The zero-order chi connectivity index (χ0) is 15.8. The number of hydrogen-bond acceptors (Lipinski definition) is 3. The number of carbonyl (C=O) groups is 2. The number of hydrogen-bond donors (Lipinski definition) is 2. The molecule has 0 aromatic heterocycles. The van der Waals surface area contributed by atoms with Gasteiger partial charge in [0.25, 0.3) is 0 Å². The van der Waals surface area contributed by atoms with Crippen molar-refractivity contribution in [1.82, 2.24) is 4.90 Å². The van der Waals surface area contributed by atoms with Gasteiger partial charge >= 0.3 is 5.97 Å². The van der Waals surface area contributed by atoms with Gasteiger partial charge in [0.15, 0.2) is 0 Å². The van der Waals surface area contributed by atoms with E-state index in [1.54, 1.807) is 0 Å². The number of rotatable bonds is 8. The van der Waals surface area contributed by atoms with E-state index in [0.29, 0.717) is 6.54 Å². The molecular formula is C16H24N2O3. The van der Waals surface area contributed by atoms with Crippen LogP contribution in [-0.4, -0.2) is 41.0 Å². The van der Waals surface area contributed by atoms with Crippen molar-refractivity contribution in [3.63, 3.8) is 0 Å². The Kier molecular flexibility index (Phi) is 6.88. The minimum atomic E-state index is -0.845. The average Bonchev–Trinajstić information content (AvgIpc) is 2.44. The third-order valence-corrected chi connectivity index (χ3v) is 3.51. The van der Waals surface area contributed by atoms with Crippen molar-refractivity contribution in [3.8, 4) is 0 Å². The quantitative estimate of drug-likeness (QED) is 0.772. The molecule has 5 nitrogen and oxygen atoms in total. The Balaban J connectivity index is 2.58. The second-order valence-electron chi connectivity index (χ2n) is 5.29. The summed E-state index contributed by atoms with van der Waals surface area (Å²) in [6, 6.07) is 7.77. The molecule has 21 heavy (non-hydrogen) atoms. The molecule has 0 aliphatic heterocycles. The van der Waals surface area contributed by atoms with Crippen molar-refractivity contribution >= 4 is 17.6 Å². The lowest BCUT2D eigenvalue weighted by Crippen LogP contribution is -2.40. The first-order chi connectivity index (χ1) is 9.92. The van der Waals surface area contributed by atoms with Crippen LogP contribution in [0.15, 0.2) is 24.3 Å². The monoisotopic (exact) mass is 292 g/mol. The van der Waals surface area contributed by atoms with E-state index in [9.17, 15) is 9.59 Å². The summed E-state index contributed by atoms with van der Waals surface area (Å²) in [4.78, 5) is 24.7. The number of amides is 1. The van der Waals surface area contributed by atoms with Crippen molar-refractivity contribution < 1.29 is 14.7 Å². The predicted molar refractivity (Wildman–Crippen MR) is 83.4 cm³/mol. The summed E-state index contributed by atoms with van der Waals surface area (Å²) in [5, 5.41) is 11.6. The summed E-state index contributed by atoms with van der Waals surface area (Å²) in [6.45, 7) is 6.60. The number of aliphatic carboxylic acids is 1. The lowest BCUT2D eigenvalue weighted by molar-refractivity contribution is -0.137. The van der Waals surface area contributed by atoms with Crippen molar-refractivity contribution in [3.05, 3.63) is 29.8 Å². The molecule has 0 fully saturated rings. The highest BCUT2D eigenvalue weighted by Gasteiger charge is 2.17. The molecule has 1 atom stereocenters. The minimum Gasteiger partial charge on any atom is -0.481 e. The van der Waals surface area contributed by atoms with Crippen LogP contribution in [0.4, 0.5) is 5.69 Å². The lowest BCUT2D eigenvalue weighted by Gasteiger charge is -2.27. The van der Waals surface area contributed by atoms with E-state index in [0.717, 1.165) is 17.7 Å². The molecule has 1 rings (SSSR count). The molecule has 0 aliphatic carbocycles. The topological polar surface area (TPSA) is 69.6 Å². The van der Waals surface area contributed by atoms with Gasteiger partial charge in [-0.2, -0.15) is 0 Å². The maximum Gasteiger partial charge on any atom is 0.304 e. The standard InChI is InChI=1S/C16H24N2O3/c1-4-13(3)18(10-9-16(20)21)11-15(19)17-14-7-5-12(2)6-8-14/h5-8,13H,4,9-11H2,1-3H3,(H,17,19)(H,20,21). The van der Waals surface area contributed by atoms with E-state index in [4.69, 9.17) is 5.11 Å². The Morgan fingerprint density at radius 3 is 2.43 bits per heavy atom. The highest BCUT2D eigenvalue weighted by atomic mass is 16.4. The molecule has 0 saturated heterocycles. The molecule has 0 radical (unpaired) electrons. The molecule has 0 bridgehead atoms. The maximum absolute atomic E-state index is 12.1. The third-order valence-electron chi connectivity index (χ3n) is 3.51. The van der Waals surface area contributed by atoms with Crippen LogP contribution >= 0.6 is 0 Å². The highest BCUT2D eigenvalue weighted by molar-refractivity contribution is 5.92. The summed E-state index contributed by atoms with van der Waals surface area (Å²) in [6.07, 6.45) is 0.916. The molecule has 0 spiro atoms. The first-order valence-corrected chi connectivity index (χ1v) is 7.24. The molecule has 116 valence electrons. The van der Waals surface area contributed by atoms with Gasteiger partial charge in [-0.3, -0.25) is 14.5 Å². The normalized spacial score (nSPS) is 12.2. The molecule has 0 saturated carbocycles. The number of anilines is 1. The Morgan fingerprint density at radius 2 is 1.90 bits per heavy atom. The van der Waals surface area contributed by atoms with E-state index >= 15 is 0 Å². The number of benzene rings is 1. The van der Waals surface area contributed by atoms with E-state index in [2.05, 4.69) is 5.32 Å². The Morgan fingerprint density at radius 1 is 1.29 bits per heavy atom. The molecule has 0 heterocycles.